The third kappa shape index (κ3) is 2.66. The Balaban J connectivity index is 1.63. The number of carbonyl (C=O) groups excluding carboxylic acids is 1. The maximum atomic E-state index is 13.2. The minimum absolute atomic E-state index is 0.0194. The van der Waals surface area contributed by atoms with E-state index in [9.17, 15) is 4.79 Å². The van der Waals surface area contributed by atoms with Crippen LogP contribution in [0.3, 0.4) is 0 Å². The number of para-hydroxylation sites is 1. The van der Waals surface area contributed by atoms with Crippen LogP contribution < -0.4 is 4.90 Å². The quantitative estimate of drug-likeness (QED) is 0.942. The van der Waals surface area contributed by atoms with E-state index in [4.69, 9.17) is 0 Å². The molecule has 24 heavy (non-hydrogen) atoms. The van der Waals surface area contributed by atoms with Crippen molar-refractivity contribution < 1.29 is 4.79 Å². The highest BCUT2D eigenvalue weighted by molar-refractivity contribution is 6.00. The van der Waals surface area contributed by atoms with E-state index < -0.39 is 0 Å². The fraction of sp³-hybridized carbons (Fsp3) is 0.500. The number of amides is 1. The van der Waals surface area contributed by atoms with Crippen molar-refractivity contribution in [2.75, 3.05) is 24.5 Å². The van der Waals surface area contributed by atoms with Crippen molar-refractivity contribution in [1.82, 2.24) is 20.1 Å². The van der Waals surface area contributed by atoms with Gasteiger partial charge in [0.15, 0.2) is 5.82 Å². The summed E-state index contributed by atoms with van der Waals surface area (Å²) < 4.78 is 0. The van der Waals surface area contributed by atoms with Gasteiger partial charge in [-0.3, -0.25) is 9.89 Å². The van der Waals surface area contributed by atoms with E-state index in [1.807, 2.05) is 30.0 Å². The van der Waals surface area contributed by atoms with Gasteiger partial charge in [-0.25, -0.2) is 4.98 Å². The molecule has 126 valence electrons. The Bertz CT molecular complexity index is 735. The average molecular weight is 325 g/mol. The Kier molecular flexibility index (Phi) is 3.96. The van der Waals surface area contributed by atoms with Gasteiger partial charge >= 0.3 is 0 Å². The van der Waals surface area contributed by atoms with Gasteiger partial charge in [0.25, 0.3) is 5.91 Å². The van der Waals surface area contributed by atoms with Crippen molar-refractivity contribution in [3.63, 3.8) is 0 Å². The molecular formula is C18H23N5O. The summed E-state index contributed by atoms with van der Waals surface area (Å²) in [7, 11) is 0. The topological polar surface area (TPSA) is 65.1 Å². The van der Waals surface area contributed by atoms with Gasteiger partial charge in [-0.2, -0.15) is 5.10 Å². The van der Waals surface area contributed by atoms with Gasteiger partial charge in [0, 0.05) is 25.3 Å². The number of likely N-dealkylation sites (tertiary alicyclic amines) is 1. The number of hydrogen-bond donors (Lipinski definition) is 1. The molecule has 2 saturated heterocycles. The summed E-state index contributed by atoms with van der Waals surface area (Å²) in [6.45, 7) is 4.73. The van der Waals surface area contributed by atoms with E-state index in [1.54, 1.807) is 0 Å². The number of rotatable bonds is 3. The van der Waals surface area contributed by atoms with Crippen LogP contribution in [-0.4, -0.2) is 45.6 Å². The molecule has 4 rings (SSSR count). The maximum Gasteiger partial charge on any atom is 0.256 e. The number of carbonyl (C=O) groups is 1. The average Bonchev–Trinajstić information content (AvgIpc) is 3.35. The molecule has 2 aromatic rings. The molecule has 6 nitrogen and oxygen atoms in total. The first kappa shape index (κ1) is 15.2. The third-order valence-electron chi connectivity index (χ3n) is 5.01. The fourth-order valence-corrected chi connectivity index (χ4v) is 3.83. The number of anilines is 1. The first-order valence-electron chi connectivity index (χ1n) is 8.78. The van der Waals surface area contributed by atoms with Crippen LogP contribution in [0.15, 0.2) is 24.3 Å². The predicted molar refractivity (Wildman–Crippen MR) is 92.0 cm³/mol. The number of benzene rings is 1. The second-order valence-electron chi connectivity index (χ2n) is 6.65. The molecule has 6 heteroatoms. The summed E-state index contributed by atoms with van der Waals surface area (Å²) in [4.78, 5) is 22.0. The minimum atomic E-state index is -0.0194. The lowest BCUT2D eigenvalue weighted by atomic mass is 10.1. The molecule has 1 atom stereocenters. The Labute approximate surface area is 141 Å². The Morgan fingerprint density at radius 1 is 1.17 bits per heavy atom. The van der Waals surface area contributed by atoms with Crippen molar-refractivity contribution in [3.8, 4) is 0 Å². The van der Waals surface area contributed by atoms with Gasteiger partial charge < -0.3 is 9.80 Å². The van der Waals surface area contributed by atoms with E-state index in [0.717, 1.165) is 55.4 Å². The highest BCUT2D eigenvalue weighted by Crippen LogP contribution is 2.33. The molecule has 1 aromatic heterocycles. The van der Waals surface area contributed by atoms with E-state index in [2.05, 4.69) is 26.1 Å². The minimum Gasteiger partial charge on any atom is -0.371 e. The van der Waals surface area contributed by atoms with Crippen LogP contribution >= 0.6 is 0 Å². The Morgan fingerprint density at radius 2 is 1.96 bits per heavy atom. The van der Waals surface area contributed by atoms with E-state index >= 15 is 0 Å². The second kappa shape index (κ2) is 6.26. The zero-order valence-electron chi connectivity index (χ0n) is 14.0. The lowest BCUT2D eigenvalue weighted by Crippen LogP contribution is -2.32. The monoisotopic (exact) mass is 325 g/mol. The smallest absolute Gasteiger partial charge is 0.256 e. The summed E-state index contributed by atoms with van der Waals surface area (Å²) in [5.74, 6) is 1.63. The summed E-state index contributed by atoms with van der Waals surface area (Å²) in [5, 5.41) is 7.18. The molecular weight excluding hydrogens is 302 g/mol. The van der Waals surface area contributed by atoms with Gasteiger partial charge in [-0.1, -0.05) is 12.1 Å². The molecule has 0 spiro atoms. The molecule has 1 amide bonds. The molecule has 3 heterocycles. The summed E-state index contributed by atoms with van der Waals surface area (Å²) >= 11 is 0. The molecule has 0 unspecified atom stereocenters. The highest BCUT2D eigenvalue weighted by atomic mass is 16.2. The second-order valence-corrected chi connectivity index (χ2v) is 6.65. The summed E-state index contributed by atoms with van der Waals surface area (Å²) in [6, 6.07) is 7.98. The SMILES string of the molecule is Cc1nc([C@H]2CCCN2C(=O)c2ccccc2N2CCCC2)n[nH]1. The molecule has 0 aliphatic carbocycles. The Hall–Kier alpha value is -2.37. The van der Waals surface area contributed by atoms with E-state index in [-0.39, 0.29) is 11.9 Å². The number of hydrogen-bond acceptors (Lipinski definition) is 4. The lowest BCUT2D eigenvalue weighted by Gasteiger charge is -2.26. The largest absolute Gasteiger partial charge is 0.371 e. The first-order valence-corrected chi connectivity index (χ1v) is 8.78. The Morgan fingerprint density at radius 3 is 2.71 bits per heavy atom. The zero-order valence-corrected chi connectivity index (χ0v) is 14.0. The van der Waals surface area contributed by atoms with Crippen LogP contribution in [0, 0.1) is 6.92 Å². The van der Waals surface area contributed by atoms with Crippen LogP contribution in [0.25, 0.3) is 0 Å². The lowest BCUT2D eigenvalue weighted by molar-refractivity contribution is 0.0730. The molecule has 1 N–H and O–H groups in total. The molecule has 1 aromatic carbocycles. The summed E-state index contributed by atoms with van der Waals surface area (Å²) in [5.41, 5.74) is 1.87. The van der Waals surface area contributed by atoms with Crippen molar-refractivity contribution in [3.05, 3.63) is 41.5 Å². The van der Waals surface area contributed by atoms with Crippen LogP contribution in [0.4, 0.5) is 5.69 Å². The van der Waals surface area contributed by atoms with E-state index in [0.29, 0.717) is 0 Å². The van der Waals surface area contributed by atoms with Gasteiger partial charge in [-0.05, 0) is 44.7 Å². The fourth-order valence-electron chi connectivity index (χ4n) is 3.83. The van der Waals surface area contributed by atoms with Crippen LogP contribution in [0.1, 0.15) is 53.7 Å². The normalized spacial score (nSPS) is 20.8. The molecule has 0 saturated carbocycles. The standard InChI is InChI=1S/C18H23N5O/c1-13-19-17(21-20-13)16-9-6-12-23(16)18(24)14-7-2-3-8-15(14)22-10-4-5-11-22/h2-3,7-8,16H,4-6,9-12H2,1H3,(H,19,20,21)/t16-/m1/s1. The summed E-state index contributed by atoms with van der Waals surface area (Å²) in [6.07, 6.45) is 4.32. The van der Waals surface area contributed by atoms with Crippen LogP contribution in [0.2, 0.25) is 0 Å². The van der Waals surface area contributed by atoms with Crippen molar-refractivity contribution in [1.29, 1.82) is 0 Å². The van der Waals surface area contributed by atoms with Gasteiger partial charge in [-0.15, -0.1) is 0 Å². The molecule has 2 fully saturated rings. The number of aryl methyl sites for hydroxylation is 1. The number of H-pyrrole nitrogens is 1. The number of aromatic nitrogens is 3. The van der Waals surface area contributed by atoms with Gasteiger partial charge in [0.2, 0.25) is 0 Å². The van der Waals surface area contributed by atoms with Crippen LogP contribution in [-0.2, 0) is 0 Å². The number of nitrogens with zero attached hydrogens (tertiary/aromatic N) is 4. The van der Waals surface area contributed by atoms with E-state index in [1.165, 1.54) is 12.8 Å². The number of aromatic amines is 1. The molecule has 2 aliphatic rings. The molecule has 2 aliphatic heterocycles. The van der Waals surface area contributed by atoms with Crippen molar-refractivity contribution in [2.45, 2.75) is 38.6 Å². The van der Waals surface area contributed by atoms with Gasteiger partial charge in [0.05, 0.1) is 11.6 Å². The van der Waals surface area contributed by atoms with Gasteiger partial charge in [0.1, 0.15) is 5.82 Å². The maximum absolute atomic E-state index is 13.2. The zero-order chi connectivity index (χ0) is 16.5. The van der Waals surface area contributed by atoms with Crippen LogP contribution in [0.5, 0.6) is 0 Å². The predicted octanol–water partition coefficient (Wildman–Crippen LogP) is 2.69. The van der Waals surface area contributed by atoms with Crippen molar-refractivity contribution in [2.24, 2.45) is 0 Å². The molecule has 0 radical (unpaired) electrons. The van der Waals surface area contributed by atoms with Crippen molar-refractivity contribution >= 4 is 11.6 Å². The number of nitrogens with one attached hydrogen (secondary N) is 1. The molecule has 0 bridgehead atoms. The third-order valence-corrected chi connectivity index (χ3v) is 5.01. The first-order chi connectivity index (χ1) is 11.7. The highest BCUT2D eigenvalue weighted by Gasteiger charge is 2.34.